The number of hydrogen-bond donors (Lipinski definition) is 3. The van der Waals surface area contributed by atoms with Crippen LogP contribution in [0, 0.1) is 0 Å². The number of rotatable bonds is 54. The van der Waals surface area contributed by atoms with Crippen molar-refractivity contribution in [3.8, 4) is 17.2 Å². The molecule has 0 radical (unpaired) electrons. The molecule has 0 amide bonds. The van der Waals surface area contributed by atoms with Crippen molar-refractivity contribution < 1.29 is 14.2 Å². The largest absolute Gasteiger partial charge is 0.494 e. The van der Waals surface area contributed by atoms with E-state index in [1.165, 1.54) is 193 Å². The van der Waals surface area contributed by atoms with Crippen LogP contribution in [0.2, 0.25) is 0 Å². The molecule has 79 heavy (non-hydrogen) atoms. The van der Waals surface area contributed by atoms with E-state index in [1.54, 1.807) is 36.4 Å². The minimum atomic E-state index is -0.0928. The second kappa shape index (κ2) is 49.3. The highest BCUT2D eigenvalue weighted by atomic mass is 16.5. The fraction of sp³-hybridized carbons (Fsp3) is 0.696. The summed E-state index contributed by atoms with van der Waals surface area (Å²) in [6.45, 7) is 12.2. The molecule has 0 bridgehead atoms. The Labute approximate surface area is 481 Å². The molecule has 3 aromatic rings. The molecular formula is C69H114N4O6. The summed E-state index contributed by atoms with van der Waals surface area (Å²) in [6, 6.07) is 21.1. The highest BCUT2D eigenvalue weighted by Gasteiger charge is 2.09. The summed E-state index contributed by atoms with van der Waals surface area (Å²) in [7, 11) is 0. The molecule has 0 saturated heterocycles. The lowest BCUT2D eigenvalue weighted by atomic mass is 10.1. The van der Waals surface area contributed by atoms with Gasteiger partial charge in [-0.1, -0.05) is 233 Å². The molecule has 0 aliphatic carbocycles. The summed E-state index contributed by atoms with van der Waals surface area (Å²) in [5, 5.41) is 10.1. The molecule has 3 N–H and O–H groups in total. The van der Waals surface area contributed by atoms with Gasteiger partial charge in [0.25, 0.3) is 0 Å². The number of ether oxygens (including phenoxy) is 3. The van der Waals surface area contributed by atoms with Gasteiger partial charge in [-0.05, 0) is 92.1 Å². The van der Waals surface area contributed by atoms with Crippen LogP contribution in [-0.2, 0) is 0 Å². The Bertz CT molecular complexity index is 1870. The van der Waals surface area contributed by atoms with Gasteiger partial charge in [0, 0.05) is 39.3 Å². The van der Waals surface area contributed by atoms with Crippen LogP contribution in [0.25, 0.3) is 0 Å². The summed E-state index contributed by atoms with van der Waals surface area (Å²) < 4.78 is 18.2. The second-order valence-electron chi connectivity index (χ2n) is 22.4. The molecule has 0 aliphatic heterocycles. The summed E-state index contributed by atoms with van der Waals surface area (Å²) in [6.07, 6.45) is 46.7. The van der Waals surface area contributed by atoms with E-state index in [-0.39, 0.29) is 16.3 Å². The molecule has 0 fully saturated rings. The van der Waals surface area contributed by atoms with Gasteiger partial charge in [-0.25, -0.2) is 0 Å². The zero-order chi connectivity index (χ0) is 56.3. The highest BCUT2D eigenvalue weighted by molar-refractivity contribution is 5.46. The molecule has 3 rings (SSSR count). The van der Waals surface area contributed by atoms with E-state index in [0.717, 1.165) is 38.5 Å². The molecule has 10 nitrogen and oxygen atoms in total. The van der Waals surface area contributed by atoms with Gasteiger partial charge in [-0.2, -0.15) is 0 Å². The van der Waals surface area contributed by atoms with Crippen LogP contribution in [0.3, 0.4) is 0 Å². The normalized spacial score (nSPS) is 11.2. The van der Waals surface area contributed by atoms with Crippen molar-refractivity contribution >= 4 is 17.1 Å². The van der Waals surface area contributed by atoms with E-state index >= 15 is 0 Å². The van der Waals surface area contributed by atoms with Crippen LogP contribution < -0.4 is 46.4 Å². The van der Waals surface area contributed by atoms with E-state index in [0.29, 0.717) is 93.4 Å². The Morgan fingerprint density at radius 1 is 0.278 bits per heavy atom. The number of nitrogens with zero attached hydrogens (tertiary/aromatic N) is 1. The molecule has 10 heteroatoms. The number of nitrogens with one attached hydrogen (secondary N) is 3. The molecule has 0 aromatic heterocycles. The van der Waals surface area contributed by atoms with Crippen molar-refractivity contribution in [3.05, 3.63) is 103 Å². The maximum atomic E-state index is 13.2. The Hall–Kier alpha value is -4.57. The van der Waals surface area contributed by atoms with Crippen LogP contribution in [0.5, 0.6) is 17.2 Å². The zero-order valence-corrected chi connectivity index (χ0v) is 50.6. The molecule has 0 atom stereocenters. The third-order valence-electron chi connectivity index (χ3n) is 15.3. The van der Waals surface area contributed by atoms with Crippen molar-refractivity contribution in [2.45, 2.75) is 252 Å². The fourth-order valence-corrected chi connectivity index (χ4v) is 10.2. The third-order valence-corrected chi connectivity index (χ3v) is 15.3. The molecular weight excluding hydrogens is 981 g/mol. The maximum Gasteiger partial charge on any atom is 0.201 e. The van der Waals surface area contributed by atoms with Gasteiger partial charge in [0.2, 0.25) is 16.3 Å². The number of hydrogen-bond acceptors (Lipinski definition) is 10. The van der Waals surface area contributed by atoms with E-state index in [9.17, 15) is 14.4 Å². The summed E-state index contributed by atoms with van der Waals surface area (Å²) in [5.74, 6) is 2.09. The Kier molecular flexibility index (Phi) is 42.8. The topological polar surface area (TPSA) is 118 Å². The molecule has 446 valence electrons. The summed E-state index contributed by atoms with van der Waals surface area (Å²) in [5.41, 5.74) is 1.28. The van der Waals surface area contributed by atoms with Crippen LogP contribution in [0.15, 0.2) is 87.2 Å². The average Bonchev–Trinajstić information content (AvgIpc) is 3.84. The van der Waals surface area contributed by atoms with Crippen molar-refractivity contribution in [2.24, 2.45) is 0 Å². The quantitative estimate of drug-likeness (QED) is 0.0472. The summed E-state index contributed by atoms with van der Waals surface area (Å²) >= 11 is 0. The second-order valence-corrected chi connectivity index (χ2v) is 22.4. The fourth-order valence-electron chi connectivity index (χ4n) is 10.2. The summed E-state index contributed by atoms with van der Waals surface area (Å²) in [4.78, 5) is 41.8. The van der Waals surface area contributed by atoms with Crippen molar-refractivity contribution in [1.82, 2.24) is 4.90 Å². The molecule has 0 aliphatic rings. The molecule has 0 spiro atoms. The Morgan fingerprint density at radius 2 is 0.481 bits per heavy atom. The van der Waals surface area contributed by atoms with Crippen LogP contribution in [0.1, 0.15) is 252 Å². The lowest BCUT2D eigenvalue weighted by Gasteiger charge is -2.23. The third kappa shape index (κ3) is 37.1. The van der Waals surface area contributed by atoms with E-state index in [1.807, 2.05) is 36.4 Å². The average molecular weight is 1100 g/mol. The van der Waals surface area contributed by atoms with Gasteiger partial charge < -0.3 is 30.2 Å². The first-order chi connectivity index (χ1) is 38.9. The van der Waals surface area contributed by atoms with Gasteiger partial charge in [0.1, 0.15) is 17.2 Å². The first-order valence-corrected chi connectivity index (χ1v) is 32.7. The van der Waals surface area contributed by atoms with Gasteiger partial charge >= 0.3 is 0 Å². The van der Waals surface area contributed by atoms with Crippen LogP contribution >= 0.6 is 0 Å². The van der Waals surface area contributed by atoms with Crippen molar-refractivity contribution in [1.29, 1.82) is 0 Å². The Morgan fingerprint density at radius 3 is 0.709 bits per heavy atom. The van der Waals surface area contributed by atoms with E-state index in [4.69, 9.17) is 14.2 Å². The molecule has 0 unspecified atom stereocenters. The van der Waals surface area contributed by atoms with Crippen molar-refractivity contribution in [3.63, 3.8) is 0 Å². The molecule has 3 aromatic carbocycles. The van der Waals surface area contributed by atoms with Gasteiger partial charge in [-0.15, -0.1) is 0 Å². The monoisotopic (exact) mass is 1090 g/mol. The predicted octanol–water partition coefficient (Wildman–Crippen LogP) is 17.9. The Balaban J connectivity index is 1.48. The van der Waals surface area contributed by atoms with Crippen molar-refractivity contribution in [2.75, 3.05) is 75.0 Å². The lowest BCUT2D eigenvalue weighted by Crippen LogP contribution is -2.37. The minimum absolute atomic E-state index is 0.0928. The predicted molar refractivity (Wildman–Crippen MR) is 340 cm³/mol. The number of anilines is 3. The first kappa shape index (κ1) is 68.7. The highest BCUT2D eigenvalue weighted by Crippen LogP contribution is 2.18. The lowest BCUT2D eigenvalue weighted by molar-refractivity contribution is 0.304. The van der Waals surface area contributed by atoms with E-state index < -0.39 is 0 Å². The maximum absolute atomic E-state index is 13.2. The zero-order valence-electron chi connectivity index (χ0n) is 50.6. The van der Waals surface area contributed by atoms with Crippen LogP contribution in [0.4, 0.5) is 17.1 Å². The molecule has 0 saturated carbocycles. The van der Waals surface area contributed by atoms with Gasteiger partial charge in [0.15, 0.2) is 0 Å². The number of unbranched alkanes of at least 4 members (excludes halogenated alkanes) is 33. The minimum Gasteiger partial charge on any atom is -0.494 e. The standard InChI is InChI=1S/C69H114N4O6/c1-4-7-10-13-16-19-22-25-28-31-34-37-58-77-61-40-46-64(67(74)49-43-61)70-52-55-73(56-53-71-65-47-41-62(44-50-68(65)75)78-59-38-35-32-29-26-23-20-17-14-11-8-5-2)57-54-72-66-48-42-63(45-51-69(66)76)79-60-39-36-33-30-27-24-21-18-15-12-9-6-3/h40-51H,4-39,52-60H2,1-3H3,(H,70,74)(H,71,75)(H,72,76). The van der Waals surface area contributed by atoms with Gasteiger partial charge in [-0.3, -0.25) is 19.3 Å². The van der Waals surface area contributed by atoms with E-state index in [2.05, 4.69) is 41.6 Å². The molecule has 0 heterocycles. The van der Waals surface area contributed by atoms with Crippen LogP contribution in [-0.4, -0.2) is 64.0 Å². The smallest absolute Gasteiger partial charge is 0.201 e. The first-order valence-electron chi connectivity index (χ1n) is 32.7. The SMILES string of the molecule is CCCCCCCCCCCCCCOc1ccc(NCCN(CCNc2ccc(OCCCCCCCCCCCCCC)ccc2=O)CCNc2ccc(OCCCCCCCCCCCCCC)ccc2=O)c(=O)cc1. The van der Waals surface area contributed by atoms with Gasteiger partial charge in [0.05, 0.1) is 36.9 Å².